The van der Waals surface area contributed by atoms with Crippen LogP contribution in [0.5, 0.6) is 0 Å². The van der Waals surface area contributed by atoms with Gasteiger partial charge in [-0.1, -0.05) is 6.92 Å². The summed E-state index contributed by atoms with van der Waals surface area (Å²) in [6.07, 6.45) is 3.31. The minimum absolute atomic E-state index is 0.333. The number of aromatic nitrogens is 4. The minimum atomic E-state index is -3.60. The molecule has 36 heavy (non-hydrogen) atoms. The highest BCUT2D eigenvalue weighted by Crippen LogP contribution is 2.41. The van der Waals surface area contributed by atoms with Crippen molar-refractivity contribution < 1.29 is 22.8 Å². The molecule has 0 bridgehead atoms. The van der Waals surface area contributed by atoms with E-state index >= 15 is 0 Å². The van der Waals surface area contributed by atoms with Crippen LogP contribution in [0.2, 0.25) is 0 Å². The number of benzene rings is 2. The van der Waals surface area contributed by atoms with Gasteiger partial charge in [0.2, 0.25) is 5.91 Å². The molecule has 0 unspecified atom stereocenters. The van der Waals surface area contributed by atoms with Crippen LogP contribution in [0.4, 0.5) is 18.9 Å². The van der Waals surface area contributed by atoms with Gasteiger partial charge in [0.1, 0.15) is 11.9 Å². The second-order valence-electron chi connectivity index (χ2n) is 9.02. The number of rotatable bonds is 5. The van der Waals surface area contributed by atoms with Gasteiger partial charge in [-0.15, -0.1) is 0 Å². The summed E-state index contributed by atoms with van der Waals surface area (Å²) in [5.74, 6) is -6.52. The molecule has 0 aliphatic carbocycles. The quantitative estimate of drug-likeness (QED) is 0.456. The molecule has 0 saturated carbocycles. The lowest BCUT2D eigenvalue weighted by Crippen LogP contribution is -2.48. The van der Waals surface area contributed by atoms with Gasteiger partial charge in [0.25, 0.3) is 5.91 Å². The molecule has 2 aromatic carbocycles. The van der Waals surface area contributed by atoms with E-state index in [0.29, 0.717) is 29.4 Å². The number of aryl methyl sites for hydroxylation is 1. The molecule has 0 radical (unpaired) electrons. The van der Waals surface area contributed by atoms with Crippen molar-refractivity contribution in [1.82, 2.24) is 24.9 Å². The molecule has 11 heteroatoms. The van der Waals surface area contributed by atoms with Crippen molar-refractivity contribution in [1.29, 1.82) is 0 Å². The predicted molar refractivity (Wildman–Crippen MR) is 126 cm³/mol. The maximum absolute atomic E-state index is 13.7. The summed E-state index contributed by atoms with van der Waals surface area (Å²) in [5, 5.41) is 11.9. The van der Waals surface area contributed by atoms with Gasteiger partial charge >= 0.3 is 5.92 Å². The Labute approximate surface area is 204 Å². The van der Waals surface area contributed by atoms with Crippen molar-refractivity contribution in [2.45, 2.75) is 31.9 Å². The van der Waals surface area contributed by atoms with Crippen LogP contribution in [-0.2, 0) is 16.6 Å². The number of nitrogens with zero attached hydrogens (tertiary/aromatic N) is 5. The summed E-state index contributed by atoms with van der Waals surface area (Å²) in [5.41, 5.74) is 2.37. The monoisotopic (exact) mass is 496 g/mol. The largest absolute Gasteiger partial charge is 0.345 e. The SMILES string of the molecule is C[C@@H]1C(=O)N(c2ccc3c(cnn3-c3ccc(F)cc3)c2)[C@H](c2ccn(C)n2)[C@H]1NC(=O)C(C)(F)F. The van der Waals surface area contributed by atoms with E-state index in [4.69, 9.17) is 0 Å². The molecule has 1 saturated heterocycles. The molecule has 5 rings (SSSR count). The summed E-state index contributed by atoms with van der Waals surface area (Å²) in [6, 6.07) is 11.1. The number of alkyl halides is 2. The van der Waals surface area contributed by atoms with Crippen LogP contribution in [0.1, 0.15) is 25.6 Å². The van der Waals surface area contributed by atoms with Crippen LogP contribution < -0.4 is 10.2 Å². The van der Waals surface area contributed by atoms with Crippen LogP contribution in [0.15, 0.2) is 60.9 Å². The Morgan fingerprint density at radius 1 is 1.08 bits per heavy atom. The van der Waals surface area contributed by atoms with Gasteiger partial charge in [-0.05, 0) is 48.5 Å². The van der Waals surface area contributed by atoms with Gasteiger partial charge in [-0.25, -0.2) is 9.07 Å². The van der Waals surface area contributed by atoms with Crippen LogP contribution in [0, 0.1) is 11.7 Å². The molecule has 1 aliphatic heterocycles. The molecule has 186 valence electrons. The first-order valence-corrected chi connectivity index (χ1v) is 11.3. The normalized spacial score (nSPS) is 20.3. The van der Waals surface area contributed by atoms with Crippen LogP contribution in [-0.4, -0.2) is 43.3 Å². The average Bonchev–Trinajstić information content (AvgIpc) is 3.51. The number of hydrogen-bond acceptors (Lipinski definition) is 4. The Morgan fingerprint density at radius 2 is 1.78 bits per heavy atom. The zero-order valence-corrected chi connectivity index (χ0v) is 19.7. The molecule has 4 aromatic rings. The zero-order valence-electron chi connectivity index (χ0n) is 19.7. The van der Waals surface area contributed by atoms with Crippen molar-refractivity contribution in [2.75, 3.05) is 4.90 Å². The molecule has 0 spiro atoms. The Hall–Kier alpha value is -4.15. The number of anilines is 1. The number of fused-ring (bicyclic) bond motifs is 1. The molecule has 3 atom stereocenters. The van der Waals surface area contributed by atoms with E-state index in [-0.39, 0.29) is 11.7 Å². The van der Waals surface area contributed by atoms with Crippen molar-refractivity contribution in [2.24, 2.45) is 13.0 Å². The minimum Gasteiger partial charge on any atom is -0.345 e. The molecule has 1 fully saturated rings. The maximum Gasteiger partial charge on any atom is 0.321 e. The third kappa shape index (κ3) is 4.00. The van der Waals surface area contributed by atoms with E-state index in [2.05, 4.69) is 15.5 Å². The Morgan fingerprint density at radius 3 is 2.42 bits per heavy atom. The fraction of sp³-hybridized carbons (Fsp3) is 0.280. The highest BCUT2D eigenvalue weighted by atomic mass is 19.3. The van der Waals surface area contributed by atoms with Crippen molar-refractivity contribution in [3.63, 3.8) is 0 Å². The Kier molecular flexibility index (Phi) is 5.57. The van der Waals surface area contributed by atoms with Gasteiger partial charge in [0.15, 0.2) is 0 Å². The Bertz CT molecular complexity index is 1460. The fourth-order valence-electron chi connectivity index (χ4n) is 4.58. The smallest absolute Gasteiger partial charge is 0.321 e. The predicted octanol–water partition coefficient (Wildman–Crippen LogP) is 3.76. The van der Waals surface area contributed by atoms with Crippen molar-refractivity contribution in [3.05, 3.63) is 72.4 Å². The Balaban J connectivity index is 1.56. The van der Waals surface area contributed by atoms with E-state index in [0.717, 1.165) is 5.52 Å². The van der Waals surface area contributed by atoms with Crippen molar-refractivity contribution >= 4 is 28.4 Å². The summed E-state index contributed by atoms with van der Waals surface area (Å²) in [4.78, 5) is 27.1. The van der Waals surface area contributed by atoms with Gasteiger partial charge in [-0.3, -0.25) is 14.3 Å². The van der Waals surface area contributed by atoms with E-state index in [1.807, 2.05) is 0 Å². The third-order valence-electron chi connectivity index (χ3n) is 6.42. The third-order valence-corrected chi connectivity index (χ3v) is 6.42. The number of carbonyl (C=O) groups is 2. The highest BCUT2D eigenvalue weighted by Gasteiger charge is 2.50. The number of amides is 2. The standard InChI is InChI=1S/C25H23F3N6O2/c1-14-21(30-24(36)25(2,27)28)22(19-10-11-32(3)31-19)33(23(14)35)18-8-9-20-15(12-18)13-29-34(20)17-6-4-16(26)5-7-17/h4-14,21-22H,1-3H3,(H,30,36)/t14-,21-,22+/m0/s1. The molecule has 8 nitrogen and oxygen atoms in total. The first kappa shape index (κ1) is 23.6. The topological polar surface area (TPSA) is 85.1 Å². The van der Waals surface area contributed by atoms with E-state index in [1.54, 1.807) is 72.1 Å². The first-order chi connectivity index (χ1) is 17.0. The second kappa shape index (κ2) is 8.51. The second-order valence-corrected chi connectivity index (χ2v) is 9.02. The number of carbonyl (C=O) groups excluding carboxylic acids is 2. The summed E-state index contributed by atoms with van der Waals surface area (Å²) < 4.78 is 44.0. The maximum atomic E-state index is 13.7. The van der Waals surface area contributed by atoms with Crippen LogP contribution in [0.25, 0.3) is 16.6 Å². The van der Waals surface area contributed by atoms with Crippen molar-refractivity contribution in [3.8, 4) is 5.69 Å². The van der Waals surface area contributed by atoms with E-state index in [1.165, 1.54) is 17.0 Å². The first-order valence-electron chi connectivity index (χ1n) is 11.3. The summed E-state index contributed by atoms with van der Waals surface area (Å²) in [6.45, 7) is 2.12. The molecule has 1 aliphatic rings. The average molecular weight is 496 g/mol. The van der Waals surface area contributed by atoms with Crippen LogP contribution in [0.3, 0.4) is 0 Å². The lowest BCUT2D eigenvalue weighted by molar-refractivity contribution is -0.144. The molecule has 2 aromatic heterocycles. The number of nitrogens with one attached hydrogen (secondary N) is 1. The number of hydrogen-bond donors (Lipinski definition) is 1. The van der Waals surface area contributed by atoms with Crippen LogP contribution >= 0.6 is 0 Å². The summed E-state index contributed by atoms with van der Waals surface area (Å²) >= 11 is 0. The van der Waals surface area contributed by atoms with E-state index in [9.17, 15) is 22.8 Å². The fourth-order valence-corrected chi connectivity index (χ4v) is 4.58. The molecule has 3 heterocycles. The van der Waals surface area contributed by atoms with E-state index < -0.39 is 29.8 Å². The van der Waals surface area contributed by atoms with Gasteiger partial charge < -0.3 is 10.2 Å². The molecule has 1 N–H and O–H groups in total. The molecule has 2 amide bonds. The lowest BCUT2D eigenvalue weighted by atomic mass is 9.97. The highest BCUT2D eigenvalue weighted by molar-refractivity contribution is 6.01. The van der Waals surface area contributed by atoms with Gasteiger partial charge in [0, 0.05) is 31.2 Å². The van der Waals surface area contributed by atoms with Gasteiger partial charge in [-0.2, -0.15) is 19.0 Å². The lowest BCUT2D eigenvalue weighted by Gasteiger charge is -2.28. The molecular weight excluding hydrogens is 473 g/mol. The zero-order chi connectivity index (χ0) is 25.8. The van der Waals surface area contributed by atoms with Gasteiger partial charge in [0.05, 0.1) is 35.1 Å². The number of halogens is 3. The summed E-state index contributed by atoms with van der Waals surface area (Å²) in [7, 11) is 1.71. The molecular formula is C25H23F3N6O2.